The van der Waals surface area contributed by atoms with Crippen LogP contribution in [0.5, 0.6) is 0 Å². The van der Waals surface area contributed by atoms with E-state index < -0.39 is 17.5 Å². The molecule has 5 atom stereocenters. The molecule has 0 spiro atoms. The standard InChI is InChI=1S/C34H59N5O5/c1-23(2)28(37(7)32(42)29(34(3,4)5)35-30(40)25-16-10-11-19-36(25)6)22-38-20-12-17-26(38)31(41)39-21-13-18-27(39)33(43)44-24-14-8-9-15-24/h23-29H,8-22H2,1-7H3,(H,35,40)/t25-,26+,27+,28-,29-/m1/s1. The van der Waals surface area contributed by atoms with Gasteiger partial charge in [-0.1, -0.05) is 41.0 Å². The molecule has 3 heterocycles. The minimum atomic E-state index is -0.663. The first-order valence-electron chi connectivity index (χ1n) is 17.3. The van der Waals surface area contributed by atoms with Gasteiger partial charge in [0.2, 0.25) is 17.7 Å². The highest BCUT2D eigenvalue weighted by molar-refractivity contribution is 5.91. The smallest absolute Gasteiger partial charge is 0.329 e. The first kappa shape index (κ1) is 34.7. The zero-order valence-corrected chi connectivity index (χ0v) is 28.5. The Balaban J connectivity index is 1.43. The fourth-order valence-corrected chi connectivity index (χ4v) is 7.72. The van der Waals surface area contributed by atoms with Crippen LogP contribution in [0, 0.1) is 11.3 Å². The lowest BCUT2D eigenvalue weighted by Gasteiger charge is -2.41. The molecule has 10 nitrogen and oxygen atoms in total. The number of carbonyl (C=O) groups excluding carboxylic acids is 4. The molecule has 0 radical (unpaired) electrons. The third-order valence-corrected chi connectivity index (χ3v) is 10.6. The van der Waals surface area contributed by atoms with Crippen molar-refractivity contribution in [2.75, 3.05) is 40.3 Å². The van der Waals surface area contributed by atoms with Gasteiger partial charge in [0, 0.05) is 26.2 Å². The van der Waals surface area contributed by atoms with Crippen molar-refractivity contribution in [2.24, 2.45) is 11.3 Å². The molecule has 3 aliphatic heterocycles. The van der Waals surface area contributed by atoms with Gasteiger partial charge >= 0.3 is 5.97 Å². The number of likely N-dealkylation sites (N-methyl/N-ethyl adjacent to an activating group) is 2. The van der Waals surface area contributed by atoms with Crippen LogP contribution in [-0.2, 0) is 23.9 Å². The van der Waals surface area contributed by atoms with Crippen molar-refractivity contribution in [3.8, 4) is 0 Å². The van der Waals surface area contributed by atoms with Gasteiger partial charge < -0.3 is 19.9 Å². The van der Waals surface area contributed by atoms with Gasteiger partial charge in [-0.15, -0.1) is 0 Å². The summed E-state index contributed by atoms with van der Waals surface area (Å²) < 4.78 is 5.82. The Morgan fingerprint density at radius 1 is 0.841 bits per heavy atom. The molecular weight excluding hydrogens is 558 g/mol. The summed E-state index contributed by atoms with van der Waals surface area (Å²) in [6, 6.07) is -1.82. The number of carbonyl (C=O) groups is 4. The number of esters is 1. The number of hydrogen-bond acceptors (Lipinski definition) is 7. The van der Waals surface area contributed by atoms with E-state index in [1.54, 1.807) is 4.90 Å². The number of rotatable bonds is 10. The summed E-state index contributed by atoms with van der Waals surface area (Å²) in [4.78, 5) is 62.4. The molecule has 44 heavy (non-hydrogen) atoms. The lowest BCUT2D eigenvalue weighted by molar-refractivity contribution is -0.159. The predicted molar refractivity (Wildman–Crippen MR) is 171 cm³/mol. The average molecular weight is 618 g/mol. The highest BCUT2D eigenvalue weighted by Crippen LogP contribution is 2.30. The second-order valence-electron chi connectivity index (χ2n) is 15.2. The molecule has 0 unspecified atom stereocenters. The van der Waals surface area contributed by atoms with Crippen molar-refractivity contribution in [3.05, 3.63) is 0 Å². The van der Waals surface area contributed by atoms with Gasteiger partial charge in [0.1, 0.15) is 18.2 Å². The maximum Gasteiger partial charge on any atom is 0.329 e. The van der Waals surface area contributed by atoms with Crippen molar-refractivity contribution >= 4 is 23.7 Å². The van der Waals surface area contributed by atoms with Crippen LogP contribution in [0.3, 0.4) is 0 Å². The van der Waals surface area contributed by atoms with E-state index in [0.717, 1.165) is 77.3 Å². The molecule has 4 rings (SSSR count). The second-order valence-corrected chi connectivity index (χ2v) is 15.2. The van der Waals surface area contributed by atoms with Gasteiger partial charge in [-0.3, -0.25) is 24.2 Å². The van der Waals surface area contributed by atoms with Gasteiger partial charge in [0.05, 0.1) is 12.1 Å². The molecular formula is C34H59N5O5. The maximum absolute atomic E-state index is 14.1. The minimum Gasteiger partial charge on any atom is -0.461 e. The van der Waals surface area contributed by atoms with E-state index in [9.17, 15) is 19.2 Å². The molecule has 4 aliphatic rings. The van der Waals surface area contributed by atoms with Gasteiger partial charge in [0.25, 0.3) is 0 Å². The summed E-state index contributed by atoms with van der Waals surface area (Å²) in [5, 5.41) is 3.14. The second kappa shape index (κ2) is 14.9. The van der Waals surface area contributed by atoms with Crippen LogP contribution in [0.1, 0.15) is 105 Å². The van der Waals surface area contributed by atoms with Crippen LogP contribution >= 0.6 is 0 Å². The van der Waals surface area contributed by atoms with Gasteiger partial charge in [-0.2, -0.15) is 0 Å². The molecule has 1 aliphatic carbocycles. The highest BCUT2D eigenvalue weighted by atomic mass is 16.5. The SMILES string of the molecule is CC(C)[C@@H](CN1CCC[C@H]1C(=O)N1CCC[C@H]1C(=O)OC1CCCC1)N(C)C(=O)[C@@H](NC(=O)[C@H]1CCCCN1C)C(C)(C)C. The fraction of sp³-hybridized carbons (Fsp3) is 0.882. The van der Waals surface area contributed by atoms with Crippen LogP contribution in [0.15, 0.2) is 0 Å². The molecule has 1 N–H and O–H groups in total. The summed E-state index contributed by atoms with van der Waals surface area (Å²) >= 11 is 0. The Morgan fingerprint density at radius 2 is 1.45 bits per heavy atom. The lowest BCUT2D eigenvalue weighted by atomic mass is 9.84. The number of ether oxygens (including phenoxy) is 1. The maximum atomic E-state index is 14.1. The summed E-state index contributed by atoms with van der Waals surface area (Å²) in [7, 11) is 3.82. The van der Waals surface area contributed by atoms with Gasteiger partial charge in [0.15, 0.2) is 0 Å². The van der Waals surface area contributed by atoms with E-state index in [0.29, 0.717) is 19.5 Å². The van der Waals surface area contributed by atoms with Crippen molar-refractivity contribution < 1.29 is 23.9 Å². The van der Waals surface area contributed by atoms with Crippen molar-refractivity contribution in [1.82, 2.24) is 24.9 Å². The largest absolute Gasteiger partial charge is 0.461 e. The molecule has 0 bridgehead atoms. The van der Waals surface area contributed by atoms with Crippen molar-refractivity contribution in [3.63, 3.8) is 0 Å². The van der Waals surface area contributed by atoms with Crippen LogP contribution in [0.2, 0.25) is 0 Å². The van der Waals surface area contributed by atoms with E-state index in [4.69, 9.17) is 4.74 Å². The summed E-state index contributed by atoms with van der Waals surface area (Å²) in [6.07, 6.45) is 10.0. The Bertz CT molecular complexity index is 1020. The van der Waals surface area contributed by atoms with Crippen LogP contribution in [-0.4, -0.2) is 120 Å². The van der Waals surface area contributed by atoms with E-state index in [2.05, 4.69) is 29.0 Å². The number of likely N-dealkylation sites (tertiary alicyclic amines) is 3. The van der Waals surface area contributed by atoms with E-state index in [1.165, 1.54) is 0 Å². The number of hydrogen-bond donors (Lipinski definition) is 1. The third-order valence-electron chi connectivity index (χ3n) is 10.6. The van der Waals surface area contributed by atoms with E-state index in [-0.39, 0.29) is 53.8 Å². The monoisotopic (exact) mass is 617 g/mol. The number of amides is 3. The highest BCUT2D eigenvalue weighted by Gasteiger charge is 2.44. The first-order chi connectivity index (χ1) is 20.8. The number of nitrogens with zero attached hydrogens (tertiary/aromatic N) is 4. The van der Waals surface area contributed by atoms with Gasteiger partial charge in [-0.25, -0.2) is 4.79 Å². The number of piperidine rings is 1. The molecule has 250 valence electrons. The summed E-state index contributed by atoms with van der Waals surface area (Å²) in [5.41, 5.74) is -0.472. The molecule has 10 heteroatoms. The van der Waals surface area contributed by atoms with Crippen LogP contribution in [0.4, 0.5) is 0 Å². The molecule has 0 aromatic heterocycles. The average Bonchev–Trinajstić information content (AvgIpc) is 3.75. The zero-order valence-electron chi connectivity index (χ0n) is 28.5. The topological polar surface area (TPSA) is 103 Å². The molecule has 3 saturated heterocycles. The van der Waals surface area contributed by atoms with Crippen molar-refractivity contribution in [2.45, 2.75) is 142 Å². The summed E-state index contributed by atoms with van der Waals surface area (Å²) in [5.74, 6) is -0.262. The van der Waals surface area contributed by atoms with E-state index >= 15 is 0 Å². The van der Waals surface area contributed by atoms with E-state index in [1.807, 2.05) is 39.8 Å². The molecule has 0 aromatic rings. The third kappa shape index (κ3) is 8.14. The number of nitrogens with one attached hydrogen (secondary N) is 1. The molecule has 0 aromatic carbocycles. The van der Waals surface area contributed by atoms with Crippen LogP contribution in [0.25, 0.3) is 0 Å². The van der Waals surface area contributed by atoms with Gasteiger partial charge in [-0.05, 0) is 95.7 Å². The predicted octanol–water partition coefficient (Wildman–Crippen LogP) is 3.43. The summed E-state index contributed by atoms with van der Waals surface area (Å²) in [6.45, 7) is 13.0. The normalized spacial score (nSPS) is 27.0. The fourth-order valence-electron chi connectivity index (χ4n) is 7.72. The Hall–Kier alpha value is -2.20. The Labute approximate surface area is 265 Å². The molecule has 3 amide bonds. The van der Waals surface area contributed by atoms with Crippen molar-refractivity contribution in [1.29, 1.82) is 0 Å². The quantitative estimate of drug-likeness (QED) is 0.375. The van der Waals surface area contributed by atoms with Crippen LogP contribution < -0.4 is 5.32 Å². The Morgan fingerprint density at radius 3 is 2.09 bits per heavy atom. The minimum absolute atomic E-state index is 0.00631. The Kier molecular flexibility index (Phi) is 11.8. The first-order valence-corrected chi connectivity index (χ1v) is 17.3. The zero-order chi connectivity index (χ0) is 32.2. The lowest BCUT2D eigenvalue weighted by Crippen LogP contribution is -2.61. The molecule has 1 saturated carbocycles. The molecule has 4 fully saturated rings.